The quantitative estimate of drug-likeness (QED) is 0.477. The van der Waals surface area contributed by atoms with Crippen molar-refractivity contribution in [2.75, 3.05) is 11.2 Å². The number of hydrogen-bond acceptors (Lipinski definition) is 6. The maximum atomic E-state index is 12.4. The predicted molar refractivity (Wildman–Crippen MR) is 124 cm³/mol. The molecule has 0 aliphatic heterocycles. The van der Waals surface area contributed by atoms with Crippen LogP contribution in [0.25, 0.3) is 10.9 Å². The van der Waals surface area contributed by atoms with Gasteiger partial charge in [-0.2, -0.15) is 0 Å². The van der Waals surface area contributed by atoms with Gasteiger partial charge in [-0.1, -0.05) is 36.4 Å². The predicted octanol–water partition coefficient (Wildman–Crippen LogP) is 3.97. The maximum absolute atomic E-state index is 12.4. The standard InChI is InChI=1S/C22H22N4O3S2/c1-15-20(21(27)24-31(3,28)29)23-22(30-15)26(14-16-7-5-4-6-8-16)18-10-9-17-11-12-25(2)19(17)13-18/h4-13H,14H2,1-3H3,(H,24,27). The zero-order valence-electron chi connectivity index (χ0n) is 17.4. The van der Waals surface area contributed by atoms with Crippen LogP contribution in [0.5, 0.6) is 0 Å². The number of aryl methyl sites for hydroxylation is 2. The molecule has 4 aromatic rings. The minimum absolute atomic E-state index is 0.114. The molecule has 160 valence electrons. The number of anilines is 2. The van der Waals surface area contributed by atoms with Crippen molar-refractivity contribution >= 4 is 49.0 Å². The molecule has 0 saturated carbocycles. The second-order valence-electron chi connectivity index (χ2n) is 7.35. The molecule has 0 saturated heterocycles. The lowest BCUT2D eigenvalue weighted by atomic mass is 10.2. The first-order chi connectivity index (χ1) is 14.7. The van der Waals surface area contributed by atoms with Crippen molar-refractivity contribution in [2.45, 2.75) is 13.5 Å². The van der Waals surface area contributed by atoms with E-state index in [-0.39, 0.29) is 5.69 Å². The molecule has 0 unspecified atom stereocenters. The molecule has 0 bridgehead atoms. The van der Waals surface area contributed by atoms with Gasteiger partial charge < -0.3 is 9.47 Å². The van der Waals surface area contributed by atoms with Crippen LogP contribution in [0.2, 0.25) is 0 Å². The molecule has 7 nitrogen and oxygen atoms in total. The fourth-order valence-electron chi connectivity index (χ4n) is 3.38. The Morgan fingerprint density at radius 3 is 2.61 bits per heavy atom. The third kappa shape index (κ3) is 4.62. The molecule has 4 rings (SSSR count). The second-order valence-corrected chi connectivity index (χ2v) is 10.3. The highest BCUT2D eigenvalue weighted by Gasteiger charge is 2.22. The van der Waals surface area contributed by atoms with Crippen molar-refractivity contribution in [1.29, 1.82) is 0 Å². The molecule has 0 fully saturated rings. The van der Waals surface area contributed by atoms with Crippen LogP contribution in [0.3, 0.4) is 0 Å². The van der Waals surface area contributed by atoms with E-state index in [0.717, 1.165) is 28.4 Å². The van der Waals surface area contributed by atoms with Gasteiger partial charge in [-0.25, -0.2) is 18.1 Å². The number of carbonyl (C=O) groups is 1. The third-order valence-electron chi connectivity index (χ3n) is 4.88. The number of amides is 1. The molecular formula is C22H22N4O3S2. The molecule has 9 heteroatoms. The first-order valence-electron chi connectivity index (χ1n) is 9.57. The minimum atomic E-state index is -3.67. The first-order valence-corrected chi connectivity index (χ1v) is 12.3. The van der Waals surface area contributed by atoms with Gasteiger partial charge in [-0.15, -0.1) is 11.3 Å². The molecule has 0 aliphatic rings. The summed E-state index contributed by atoms with van der Waals surface area (Å²) in [5, 5.41) is 1.75. The van der Waals surface area contributed by atoms with Crippen molar-refractivity contribution in [2.24, 2.45) is 7.05 Å². The number of benzene rings is 2. The molecule has 2 aromatic heterocycles. The summed E-state index contributed by atoms with van der Waals surface area (Å²) in [5.41, 5.74) is 3.22. The van der Waals surface area contributed by atoms with Crippen molar-refractivity contribution in [1.82, 2.24) is 14.3 Å². The zero-order chi connectivity index (χ0) is 22.2. The Bertz CT molecular complexity index is 1360. The van der Waals surface area contributed by atoms with Crippen molar-refractivity contribution in [3.63, 3.8) is 0 Å². The van der Waals surface area contributed by atoms with Gasteiger partial charge in [0.05, 0.1) is 12.8 Å². The van der Waals surface area contributed by atoms with Crippen LogP contribution in [0.15, 0.2) is 60.8 Å². The monoisotopic (exact) mass is 454 g/mol. The molecule has 0 atom stereocenters. The summed E-state index contributed by atoms with van der Waals surface area (Å²) in [6.45, 7) is 2.32. The van der Waals surface area contributed by atoms with Gasteiger partial charge in [-0.05, 0) is 36.1 Å². The summed E-state index contributed by atoms with van der Waals surface area (Å²) < 4.78 is 27.0. The topological polar surface area (TPSA) is 84.3 Å². The van der Waals surface area contributed by atoms with Crippen LogP contribution in [0.4, 0.5) is 10.8 Å². The van der Waals surface area contributed by atoms with E-state index in [4.69, 9.17) is 0 Å². The molecule has 1 N–H and O–H groups in total. The summed E-state index contributed by atoms with van der Waals surface area (Å²) in [6, 6.07) is 18.2. The van der Waals surface area contributed by atoms with Gasteiger partial charge in [0.25, 0.3) is 5.91 Å². The van der Waals surface area contributed by atoms with E-state index in [2.05, 4.69) is 27.8 Å². The molecule has 0 radical (unpaired) electrons. The van der Waals surface area contributed by atoms with Crippen LogP contribution in [0.1, 0.15) is 20.9 Å². The summed E-state index contributed by atoms with van der Waals surface area (Å²) in [6.07, 6.45) is 2.96. The SMILES string of the molecule is Cc1sc(N(Cc2ccccc2)c2ccc3ccn(C)c3c2)nc1C(=O)NS(C)(=O)=O. The second kappa shape index (κ2) is 8.16. The number of nitrogens with zero attached hydrogens (tertiary/aromatic N) is 3. The summed E-state index contributed by atoms with van der Waals surface area (Å²) in [7, 11) is -1.68. The average molecular weight is 455 g/mol. The van der Waals surface area contributed by atoms with Gasteiger partial charge in [0.1, 0.15) is 5.69 Å². The number of aromatic nitrogens is 2. The van der Waals surface area contributed by atoms with E-state index in [1.165, 1.54) is 11.3 Å². The molecular weight excluding hydrogens is 432 g/mol. The van der Waals surface area contributed by atoms with Gasteiger partial charge >= 0.3 is 0 Å². The molecule has 1 amide bonds. The smallest absolute Gasteiger partial charge is 0.284 e. The van der Waals surface area contributed by atoms with Crippen LogP contribution < -0.4 is 9.62 Å². The Hall–Kier alpha value is -3.17. The lowest BCUT2D eigenvalue weighted by molar-refractivity contribution is 0.0977. The van der Waals surface area contributed by atoms with Crippen LogP contribution in [0, 0.1) is 6.92 Å². The average Bonchev–Trinajstić information content (AvgIpc) is 3.28. The van der Waals surface area contributed by atoms with E-state index in [0.29, 0.717) is 16.6 Å². The van der Waals surface area contributed by atoms with Gasteiger partial charge in [0, 0.05) is 29.3 Å². The highest BCUT2D eigenvalue weighted by molar-refractivity contribution is 7.89. The number of fused-ring (bicyclic) bond motifs is 1. The third-order valence-corrected chi connectivity index (χ3v) is 6.43. The van der Waals surface area contributed by atoms with Crippen molar-refractivity contribution in [3.05, 3.63) is 76.9 Å². The van der Waals surface area contributed by atoms with Crippen molar-refractivity contribution < 1.29 is 13.2 Å². The largest absolute Gasteiger partial charge is 0.350 e. The number of carbonyl (C=O) groups excluding carboxylic acids is 1. The van der Waals surface area contributed by atoms with E-state index in [1.807, 2.05) is 59.3 Å². The number of thiazole rings is 1. The van der Waals surface area contributed by atoms with Gasteiger partial charge in [0.2, 0.25) is 10.0 Å². The molecule has 0 aliphatic carbocycles. The Balaban J connectivity index is 1.78. The van der Waals surface area contributed by atoms with Crippen molar-refractivity contribution in [3.8, 4) is 0 Å². The molecule has 0 spiro atoms. The summed E-state index contributed by atoms with van der Waals surface area (Å²) in [4.78, 5) is 19.6. The Kier molecular flexibility index (Phi) is 5.55. The van der Waals surface area contributed by atoms with Crippen LogP contribution in [-0.2, 0) is 23.6 Å². The fourth-order valence-corrected chi connectivity index (χ4v) is 4.74. The fraction of sp³-hybridized carbons (Fsp3) is 0.182. The highest BCUT2D eigenvalue weighted by Crippen LogP contribution is 2.34. The van der Waals surface area contributed by atoms with Gasteiger partial charge in [0.15, 0.2) is 5.13 Å². The lowest BCUT2D eigenvalue weighted by Gasteiger charge is -2.22. The molecule has 2 aromatic carbocycles. The molecule has 2 heterocycles. The van der Waals surface area contributed by atoms with E-state index in [9.17, 15) is 13.2 Å². The van der Waals surface area contributed by atoms with Gasteiger partial charge in [-0.3, -0.25) is 4.79 Å². The number of hydrogen-bond donors (Lipinski definition) is 1. The number of nitrogens with one attached hydrogen (secondary N) is 1. The first kappa shape index (κ1) is 21.1. The zero-order valence-corrected chi connectivity index (χ0v) is 19.0. The van der Waals surface area contributed by atoms with E-state index in [1.54, 1.807) is 6.92 Å². The highest BCUT2D eigenvalue weighted by atomic mass is 32.2. The summed E-state index contributed by atoms with van der Waals surface area (Å²) >= 11 is 1.35. The Morgan fingerprint density at radius 1 is 1.16 bits per heavy atom. The van der Waals surface area contributed by atoms with Crippen LogP contribution in [-0.4, -0.2) is 30.1 Å². The van der Waals surface area contributed by atoms with Crippen LogP contribution >= 0.6 is 11.3 Å². The maximum Gasteiger partial charge on any atom is 0.284 e. The Labute approximate surface area is 185 Å². The Morgan fingerprint density at radius 2 is 1.90 bits per heavy atom. The minimum Gasteiger partial charge on any atom is -0.350 e. The van der Waals surface area contributed by atoms with E-state index < -0.39 is 15.9 Å². The number of rotatable bonds is 6. The number of sulfonamides is 1. The lowest BCUT2D eigenvalue weighted by Crippen LogP contribution is -2.30. The van der Waals surface area contributed by atoms with E-state index >= 15 is 0 Å². The molecule has 31 heavy (non-hydrogen) atoms. The normalized spacial score (nSPS) is 11.6. The summed E-state index contributed by atoms with van der Waals surface area (Å²) in [5.74, 6) is -0.722.